The lowest BCUT2D eigenvalue weighted by Gasteiger charge is -2.20. The maximum Gasteiger partial charge on any atom is 0.404 e. The van der Waals surface area contributed by atoms with Gasteiger partial charge in [-0.05, 0) is 6.42 Å². The van der Waals surface area contributed by atoms with Gasteiger partial charge in [-0.3, -0.25) is 0 Å². The maximum atomic E-state index is 10.4. The lowest BCUT2D eigenvalue weighted by atomic mass is 9.87. The molecule has 86 valence electrons. The molecule has 0 heterocycles. The summed E-state index contributed by atoms with van der Waals surface area (Å²) in [4.78, 5) is 20.9. The van der Waals surface area contributed by atoms with Crippen LogP contribution in [0.4, 0.5) is 9.59 Å². The fourth-order valence-electron chi connectivity index (χ4n) is 1.16. The van der Waals surface area contributed by atoms with E-state index in [0.29, 0.717) is 6.42 Å². The van der Waals surface area contributed by atoms with E-state index in [1.807, 2.05) is 6.92 Å². The molecule has 0 aromatic heterocycles. The fourth-order valence-corrected chi connectivity index (χ4v) is 1.16. The molecule has 0 radical (unpaired) electrons. The molecule has 6 nitrogen and oxygen atoms in total. The zero-order chi connectivity index (χ0) is 11.9. The van der Waals surface area contributed by atoms with Crippen molar-refractivity contribution in [2.45, 2.75) is 19.8 Å². The number of rotatable bonds is 6. The van der Waals surface area contributed by atoms with Crippen molar-refractivity contribution < 1.29 is 19.1 Å². The van der Waals surface area contributed by atoms with Gasteiger partial charge in [0.1, 0.15) is 13.2 Å². The van der Waals surface area contributed by atoms with Gasteiger partial charge in [-0.25, -0.2) is 9.59 Å². The third kappa shape index (κ3) is 6.48. The van der Waals surface area contributed by atoms with Crippen LogP contribution < -0.4 is 11.5 Å². The van der Waals surface area contributed by atoms with Gasteiger partial charge in [0.25, 0.3) is 0 Å². The van der Waals surface area contributed by atoms with Crippen molar-refractivity contribution in [2.24, 2.45) is 16.9 Å². The van der Waals surface area contributed by atoms with E-state index in [0.717, 1.165) is 6.42 Å². The molecule has 15 heavy (non-hydrogen) atoms. The second-order valence-electron chi connectivity index (χ2n) is 3.47. The minimum absolute atomic E-state index is 0.00343. The summed E-state index contributed by atoms with van der Waals surface area (Å²) in [6.07, 6.45) is -0.308. The Morgan fingerprint density at radius 3 is 1.87 bits per heavy atom. The lowest BCUT2D eigenvalue weighted by molar-refractivity contribution is 0.0520. The van der Waals surface area contributed by atoms with Gasteiger partial charge in [0, 0.05) is 0 Å². The largest absolute Gasteiger partial charge is 0.444 e. The van der Waals surface area contributed by atoms with Gasteiger partial charge in [-0.15, -0.1) is 0 Å². The van der Waals surface area contributed by atoms with Crippen molar-refractivity contribution in [1.82, 2.24) is 0 Å². The summed E-state index contributed by atoms with van der Waals surface area (Å²) in [6.45, 7) is 5.78. The minimum atomic E-state index is -0.877. The molecular weight excluding hydrogens is 200 g/mol. The average molecular weight is 217 g/mol. The highest BCUT2D eigenvalue weighted by molar-refractivity contribution is 5.65. The lowest BCUT2D eigenvalue weighted by Crippen LogP contribution is -2.34. The van der Waals surface area contributed by atoms with E-state index in [-0.39, 0.29) is 13.2 Å². The summed E-state index contributed by atoms with van der Waals surface area (Å²) in [7, 11) is 0. The predicted octanol–water partition coefficient (Wildman–Crippen LogP) is 0.798. The first-order chi connectivity index (χ1) is 6.89. The van der Waals surface area contributed by atoms with Crippen molar-refractivity contribution >= 4 is 12.2 Å². The number of carbonyl (C=O) groups is 2. The summed E-state index contributed by atoms with van der Waals surface area (Å²) in [6, 6.07) is 0. The third-order valence-corrected chi connectivity index (χ3v) is 1.82. The van der Waals surface area contributed by atoms with E-state index in [2.05, 4.69) is 16.4 Å². The van der Waals surface area contributed by atoms with E-state index >= 15 is 0 Å². The first kappa shape index (κ1) is 13.4. The van der Waals surface area contributed by atoms with E-state index < -0.39 is 17.6 Å². The van der Waals surface area contributed by atoms with Gasteiger partial charge in [-0.2, -0.15) is 0 Å². The molecule has 0 rings (SSSR count). The molecule has 0 bridgehead atoms. The fraction of sp³-hybridized carbons (Fsp3) is 0.667. The van der Waals surface area contributed by atoms with Crippen LogP contribution in [0.1, 0.15) is 19.8 Å². The second-order valence-corrected chi connectivity index (χ2v) is 3.47. The third-order valence-electron chi connectivity index (χ3n) is 1.82. The summed E-state index contributed by atoms with van der Waals surface area (Å²) >= 11 is 0. The smallest absolute Gasteiger partial charge is 0.404 e. The molecule has 0 saturated carbocycles. The Hall–Kier alpha value is -1.59. The number of nitrogens with two attached hydrogens (primary N) is 2. The minimum Gasteiger partial charge on any atom is -0.444 e. The molecule has 0 saturated heterocycles. The van der Waals surface area contributed by atoms with Crippen LogP contribution in [0.3, 0.4) is 0 Å². The standard InChI is InChI=1S/C9H16N2O4/c1-3-4-9(2,5-14-7(10)12)6-15-8(11)13/h2-6H2,1H3,(H3-,10,11,12,13)/p+1. The monoisotopic (exact) mass is 217 g/mol. The molecular formula is C9H17N2O4+. The summed E-state index contributed by atoms with van der Waals surface area (Å²) < 4.78 is 9.27. The van der Waals surface area contributed by atoms with Gasteiger partial charge in [-0.1, -0.05) is 13.3 Å². The van der Waals surface area contributed by atoms with E-state index in [9.17, 15) is 9.59 Å². The van der Waals surface area contributed by atoms with Crippen LogP contribution in [0.2, 0.25) is 0 Å². The van der Waals surface area contributed by atoms with Crippen LogP contribution >= 0.6 is 0 Å². The number of hydrogen-bond donors (Lipinski definition) is 2. The SMILES string of the molecule is [CH2+]C(CCC)(COC(N)=O)COC(N)=O. The molecule has 0 aliphatic rings. The molecule has 2 amide bonds. The number of carbonyl (C=O) groups excluding carboxylic acids is 2. The van der Waals surface area contributed by atoms with Gasteiger partial charge < -0.3 is 20.9 Å². The second kappa shape index (κ2) is 6.00. The van der Waals surface area contributed by atoms with Crippen molar-refractivity contribution in [2.75, 3.05) is 13.2 Å². The molecule has 0 aliphatic carbocycles. The molecule has 0 aliphatic heterocycles. The van der Waals surface area contributed by atoms with Gasteiger partial charge in [0.15, 0.2) is 5.41 Å². The Kier molecular flexibility index (Phi) is 5.36. The Balaban J connectivity index is 4.17. The number of ether oxygens (including phenoxy) is 2. The Morgan fingerprint density at radius 2 is 1.60 bits per heavy atom. The number of amides is 2. The molecule has 0 aromatic rings. The average Bonchev–Trinajstić information content (AvgIpc) is 2.13. The Bertz CT molecular complexity index is 212. The van der Waals surface area contributed by atoms with Crippen LogP contribution in [0.25, 0.3) is 0 Å². The van der Waals surface area contributed by atoms with Crippen LogP contribution in [0.5, 0.6) is 0 Å². The molecule has 0 fully saturated rings. The zero-order valence-electron chi connectivity index (χ0n) is 8.82. The van der Waals surface area contributed by atoms with Crippen molar-refractivity contribution in [3.8, 4) is 0 Å². The van der Waals surface area contributed by atoms with E-state index in [4.69, 9.17) is 11.5 Å². The quantitative estimate of drug-likeness (QED) is 0.642. The summed E-state index contributed by atoms with van der Waals surface area (Å²) in [5.74, 6) is 0. The van der Waals surface area contributed by atoms with Crippen LogP contribution in [0, 0.1) is 12.3 Å². The molecule has 0 aromatic carbocycles. The summed E-state index contributed by atoms with van der Waals surface area (Å²) in [5.41, 5.74) is 8.98. The zero-order valence-corrected chi connectivity index (χ0v) is 8.82. The molecule has 0 spiro atoms. The molecule has 4 N–H and O–H groups in total. The highest BCUT2D eigenvalue weighted by atomic mass is 16.6. The summed E-state index contributed by atoms with van der Waals surface area (Å²) in [5, 5.41) is 0. The predicted molar refractivity (Wildman–Crippen MR) is 53.8 cm³/mol. The van der Waals surface area contributed by atoms with E-state index in [1.54, 1.807) is 0 Å². The Labute approximate surface area is 88.9 Å². The molecule has 6 heteroatoms. The Morgan fingerprint density at radius 1 is 1.20 bits per heavy atom. The highest BCUT2D eigenvalue weighted by Crippen LogP contribution is 2.23. The number of hydrogen-bond acceptors (Lipinski definition) is 4. The normalized spacial score (nSPS) is 10.7. The first-order valence-corrected chi connectivity index (χ1v) is 4.59. The highest BCUT2D eigenvalue weighted by Gasteiger charge is 2.34. The first-order valence-electron chi connectivity index (χ1n) is 4.59. The van der Waals surface area contributed by atoms with Gasteiger partial charge in [0.2, 0.25) is 0 Å². The number of primary amides is 2. The van der Waals surface area contributed by atoms with Gasteiger partial charge in [0.05, 0.1) is 6.92 Å². The maximum absolute atomic E-state index is 10.4. The van der Waals surface area contributed by atoms with Gasteiger partial charge >= 0.3 is 12.2 Å². The van der Waals surface area contributed by atoms with Crippen molar-refractivity contribution in [3.63, 3.8) is 0 Å². The van der Waals surface area contributed by atoms with Crippen molar-refractivity contribution in [3.05, 3.63) is 6.92 Å². The van der Waals surface area contributed by atoms with Crippen molar-refractivity contribution in [1.29, 1.82) is 0 Å². The van der Waals surface area contributed by atoms with Crippen LogP contribution in [0.15, 0.2) is 0 Å². The van der Waals surface area contributed by atoms with Crippen LogP contribution in [-0.2, 0) is 9.47 Å². The molecule has 0 atom stereocenters. The topological polar surface area (TPSA) is 105 Å². The molecule has 0 unspecified atom stereocenters. The van der Waals surface area contributed by atoms with Crippen LogP contribution in [-0.4, -0.2) is 25.4 Å². The van der Waals surface area contributed by atoms with E-state index in [1.165, 1.54) is 0 Å².